The van der Waals surface area contributed by atoms with Crippen molar-refractivity contribution in [2.45, 2.75) is 51.3 Å². The molecule has 0 aliphatic heterocycles. The number of carboxylic acid groups (broad SMARTS) is 1. The maximum atomic E-state index is 12.6. The largest absolute Gasteiger partial charge is 0.483 e. The SMILES string of the molecule is CCn1cnnc1CCNC(=O)[C@H]1CC[C@H](Nc2ccnc(N)n2)[C@@H](OC)C1.O=CO. The second kappa shape index (κ2) is 12.4. The molecule has 31 heavy (non-hydrogen) atoms. The van der Waals surface area contributed by atoms with Gasteiger partial charge in [0.25, 0.3) is 6.47 Å². The average Bonchev–Trinajstić information content (AvgIpc) is 3.22. The third-order valence-corrected chi connectivity index (χ3v) is 5.16. The molecule has 170 valence electrons. The zero-order chi connectivity index (χ0) is 22.6. The van der Waals surface area contributed by atoms with Crippen LogP contribution >= 0.6 is 0 Å². The van der Waals surface area contributed by atoms with Gasteiger partial charge >= 0.3 is 0 Å². The number of amides is 1. The Morgan fingerprint density at radius 1 is 1.45 bits per heavy atom. The van der Waals surface area contributed by atoms with Crippen LogP contribution in [0.15, 0.2) is 18.6 Å². The lowest BCUT2D eigenvalue weighted by atomic mass is 9.83. The van der Waals surface area contributed by atoms with E-state index in [1.54, 1.807) is 25.7 Å². The standard InChI is InChI=1S/C18H28N8O2.CH2O2/c1-3-26-11-22-25-16(26)7-9-20-17(27)12-4-5-13(14(10-12)28-2)23-15-6-8-21-18(19)24-15;2-1-3/h6,8,11-14H,3-5,7,9-10H2,1-2H3,(H,20,27)(H3,19,21,23,24);1H,(H,2,3)/t12-,13-,14-;/m0./s1. The molecule has 1 aliphatic rings. The van der Waals surface area contributed by atoms with Gasteiger partial charge in [0, 0.05) is 38.7 Å². The van der Waals surface area contributed by atoms with Crippen molar-refractivity contribution in [2.75, 3.05) is 24.7 Å². The van der Waals surface area contributed by atoms with Crippen molar-refractivity contribution < 1.29 is 19.4 Å². The predicted molar refractivity (Wildman–Crippen MR) is 113 cm³/mol. The van der Waals surface area contributed by atoms with E-state index in [-0.39, 0.29) is 36.4 Å². The van der Waals surface area contributed by atoms with Gasteiger partial charge in [-0.3, -0.25) is 9.59 Å². The highest BCUT2D eigenvalue weighted by atomic mass is 16.5. The number of carbonyl (C=O) groups excluding carboxylic acids is 1. The van der Waals surface area contributed by atoms with Crippen molar-refractivity contribution in [3.8, 4) is 0 Å². The Kier molecular flexibility index (Phi) is 9.62. The van der Waals surface area contributed by atoms with E-state index in [9.17, 15) is 4.79 Å². The van der Waals surface area contributed by atoms with E-state index in [1.807, 2.05) is 11.5 Å². The molecular formula is C19H30N8O4. The predicted octanol–water partition coefficient (Wildman–Crippen LogP) is 0.326. The van der Waals surface area contributed by atoms with Crippen LogP contribution in [0.1, 0.15) is 32.0 Å². The zero-order valence-electron chi connectivity index (χ0n) is 17.8. The number of hydrogen-bond donors (Lipinski definition) is 4. The molecule has 0 spiro atoms. The highest BCUT2D eigenvalue weighted by Gasteiger charge is 2.34. The number of nitrogens with zero attached hydrogens (tertiary/aromatic N) is 5. The molecule has 3 rings (SSSR count). The lowest BCUT2D eigenvalue weighted by Gasteiger charge is -2.35. The number of rotatable bonds is 8. The fraction of sp³-hybridized carbons (Fsp3) is 0.579. The first kappa shape index (κ1) is 24.0. The van der Waals surface area contributed by atoms with E-state index in [1.165, 1.54) is 0 Å². The van der Waals surface area contributed by atoms with Crippen LogP contribution in [0, 0.1) is 5.92 Å². The van der Waals surface area contributed by atoms with Gasteiger partial charge < -0.3 is 30.8 Å². The van der Waals surface area contributed by atoms with Gasteiger partial charge in [-0.05, 0) is 32.3 Å². The summed E-state index contributed by atoms with van der Waals surface area (Å²) in [7, 11) is 1.67. The summed E-state index contributed by atoms with van der Waals surface area (Å²) < 4.78 is 7.62. The second-order valence-electron chi connectivity index (χ2n) is 7.01. The molecule has 0 saturated heterocycles. The fourth-order valence-corrected chi connectivity index (χ4v) is 3.62. The van der Waals surface area contributed by atoms with Crippen LogP contribution in [-0.2, 0) is 27.3 Å². The molecule has 2 heterocycles. The summed E-state index contributed by atoms with van der Waals surface area (Å²) in [5.41, 5.74) is 5.64. The summed E-state index contributed by atoms with van der Waals surface area (Å²) in [4.78, 5) is 29.0. The Labute approximate surface area is 180 Å². The van der Waals surface area contributed by atoms with Gasteiger partial charge in [0.2, 0.25) is 11.9 Å². The summed E-state index contributed by atoms with van der Waals surface area (Å²) >= 11 is 0. The van der Waals surface area contributed by atoms with Crippen LogP contribution in [0.5, 0.6) is 0 Å². The molecule has 1 fully saturated rings. The third-order valence-electron chi connectivity index (χ3n) is 5.16. The number of carbonyl (C=O) groups is 2. The van der Waals surface area contributed by atoms with E-state index >= 15 is 0 Å². The van der Waals surface area contributed by atoms with Crippen molar-refractivity contribution in [1.82, 2.24) is 30.0 Å². The molecule has 1 aliphatic carbocycles. The number of aromatic nitrogens is 5. The molecule has 0 unspecified atom stereocenters. The Morgan fingerprint density at radius 2 is 2.23 bits per heavy atom. The molecular weight excluding hydrogens is 404 g/mol. The Hall–Kier alpha value is -3.28. The molecule has 3 atom stereocenters. The Balaban J connectivity index is 0.00000107. The minimum Gasteiger partial charge on any atom is -0.483 e. The second-order valence-corrected chi connectivity index (χ2v) is 7.01. The molecule has 2 aromatic rings. The highest BCUT2D eigenvalue weighted by molar-refractivity contribution is 5.78. The van der Waals surface area contributed by atoms with E-state index in [0.29, 0.717) is 25.2 Å². The molecule has 0 bridgehead atoms. The van der Waals surface area contributed by atoms with E-state index < -0.39 is 0 Å². The van der Waals surface area contributed by atoms with E-state index in [4.69, 9.17) is 20.4 Å². The van der Waals surface area contributed by atoms with Gasteiger partial charge in [0.1, 0.15) is 18.0 Å². The molecule has 12 heteroatoms. The van der Waals surface area contributed by atoms with Crippen LogP contribution in [-0.4, -0.2) is 68.0 Å². The zero-order valence-corrected chi connectivity index (χ0v) is 17.8. The summed E-state index contributed by atoms with van der Waals surface area (Å²) in [6.45, 7) is 3.16. The first-order valence-electron chi connectivity index (χ1n) is 10.1. The number of nitrogen functional groups attached to an aromatic ring is 1. The van der Waals surface area contributed by atoms with Crippen LogP contribution in [0.4, 0.5) is 11.8 Å². The molecule has 0 aromatic carbocycles. The maximum Gasteiger partial charge on any atom is 0.290 e. The normalized spacial score (nSPS) is 20.3. The Morgan fingerprint density at radius 3 is 2.90 bits per heavy atom. The van der Waals surface area contributed by atoms with Crippen molar-refractivity contribution >= 4 is 24.1 Å². The number of nitrogens with one attached hydrogen (secondary N) is 2. The molecule has 1 amide bonds. The third kappa shape index (κ3) is 7.17. The van der Waals surface area contributed by atoms with Crippen molar-refractivity contribution in [2.24, 2.45) is 5.92 Å². The lowest BCUT2D eigenvalue weighted by molar-refractivity contribution is -0.127. The van der Waals surface area contributed by atoms with Gasteiger partial charge in [-0.25, -0.2) is 4.98 Å². The van der Waals surface area contributed by atoms with Gasteiger partial charge in [-0.2, -0.15) is 4.98 Å². The summed E-state index contributed by atoms with van der Waals surface area (Å²) in [5.74, 6) is 1.78. The van der Waals surface area contributed by atoms with Crippen molar-refractivity contribution in [3.05, 3.63) is 24.4 Å². The average molecular weight is 435 g/mol. The Bertz CT molecular complexity index is 831. The number of aryl methyl sites for hydroxylation is 1. The summed E-state index contributed by atoms with van der Waals surface area (Å²) in [6.07, 6.45) is 6.17. The first-order chi connectivity index (χ1) is 15.0. The number of hydrogen-bond acceptors (Lipinski definition) is 9. The van der Waals surface area contributed by atoms with Gasteiger partial charge in [0.15, 0.2) is 0 Å². The minimum absolute atomic E-state index is 0.0642. The number of methoxy groups -OCH3 is 1. The van der Waals surface area contributed by atoms with E-state index in [2.05, 4.69) is 30.8 Å². The van der Waals surface area contributed by atoms with Crippen LogP contribution in [0.3, 0.4) is 0 Å². The van der Waals surface area contributed by atoms with Crippen molar-refractivity contribution in [3.63, 3.8) is 0 Å². The van der Waals surface area contributed by atoms with Gasteiger partial charge in [-0.15, -0.1) is 10.2 Å². The number of nitrogens with two attached hydrogens (primary N) is 1. The molecule has 1 saturated carbocycles. The molecule has 5 N–H and O–H groups in total. The summed E-state index contributed by atoms with van der Waals surface area (Å²) in [6, 6.07) is 1.85. The molecule has 0 radical (unpaired) electrons. The topological polar surface area (TPSA) is 170 Å². The van der Waals surface area contributed by atoms with Crippen LogP contribution in [0.25, 0.3) is 0 Å². The fourth-order valence-electron chi connectivity index (χ4n) is 3.62. The molecule has 12 nitrogen and oxygen atoms in total. The number of anilines is 2. The van der Waals surface area contributed by atoms with Crippen molar-refractivity contribution in [1.29, 1.82) is 0 Å². The first-order valence-corrected chi connectivity index (χ1v) is 10.1. The highest BCUT2D eigenvalue weighted by Crippen LogP contribution is 2.28. The monoisotopic (exact) mass is 434 g/mol. The van der Waals surface area contributed by atoms with Crippen LogP contribution in [0.2, 0.25) is 0 Å². The summed E-state index contributed by atoms with van der Waals surface area (Å²) in [5, 5.41) is 21.3. The quantitative estimate of drug-likeness (QED) is 0.424. The van der Waals surface area contributed by atoms with E-state index in [0.717, 1.165) is 25.2 Å². The van der Waals surface area contributed by atoms with Crippen LogP contribution < -0.4 is 16.4 Å². The maximum absolute atomic E-state index is 12.6. The van der Waals surface area contributed by atoms with Gasteiger partial charge in [-0.1, -0.05) is 0 Å². The van der Waals surface area contributed by atoms with Gasteiger partial charge in [0.05, 0.1) is 12.1 Å². The lowest BCUT2D eigenvalue weighted by Crippen LogP contribution is -2.45. The number of ether oxygens (including phenoxy) is 1. The smallest absolute Gasteiger partial charge is 0.290 e. The minimum atomic E-state index is -0.250. The molecule has 2 aromatic heterocycles.